The summed E-state index contributed by atoms with van der Waals surface area (Å²) in [6.45, 7) is 0.456. The minimum Gasteiger partial charge on any atom is -0.488 e. The number of hydrogen-bond donors (Lipinski definition) is 0. The van der Waals surface area contributed by atoms with Crippen LogP contribution >= 0.6 is 0 Å². The fourth-order valence-corrected chi connectivity index (χ4v) is 3.75. The van der Waals surface area contributed by atoms with Gasteiger partial charge in [0, 0.05) is 5.56 Å². The van der Waals surface area contributed by atoms with E-state index in [9.17, 15) is 4.79 Å². The first-order chi connectivity index (χ1) is 11.3. The second-order valence-corrected chi connectivity index (χ2v) is 6.40. The number of fused-ring (bicyclic) bond motifs is 2. The molecule has 0 bridgehead atoms. The molecule has 3 nitrogen and oxygen atoms in total. The molecule has 1 spiro atoms. The van der Waals surface area contributed by atoms with Crippen molar-refractivity contribution in [1.82, 2.24) is 0 Å². The summed E-state index contributed by atoms with van der Waals surface area (Å²) in [4.78, 5) is 12.5. The Morgan fingerprint density at radius 1 is 0.957 bits per heavy atom. The Labute approximate surface area is 136 Å². The molecule has 0 radical (unpaired) electrons. The Kier molecular flexibility index (Phi) is 3.56. The molecule has 3 heteroatoms. The second-order valence-electron chi connectivity index (χ2n) is 6.40. The highest BCUT2D eigenvalue weighted by Crippen LogP contribution is 2.48. The minimum atomic E-state index is -0.406. The predicted molar refractivity (Wildman–Crippen MR) is 87.4 cm³/mol. The SMILES string of the molecule is O=C1OC2(CCCCC2)c2cccc(OCc3ccccc3)c21. The van der Waals surface area contributed by atoms with E-state index in [-0.39, 0.29) is 5.97 Å². The van der Waals surface area contributed by atoms with Crippen molar-refractivity contribution >= 4 is 5.97 Å². The molecule has 0 N–H and O–H groups in total. The summed E-state index contributed by atoms with van der Waals surface area (Å²) in [5.41, 5.74) is 2.33. The van der Waals surface area contributed by atoms with Crippen LogP contribution in [0.1, 0.15) is 53.6 Å². The Morgan fingerprint density at radius 2 is 1.74 bits per heavy atom. The molecule has 4 rings (SSSR count). The van der Waals surface area contributed by atoms with Crippen LogP contribution in [0.3, 0.4) is 0 Å². The fraction of sp³-hybridized carbons (Fsp3) is 0.350. The third-order valence-corrected chi connectivity index (χ3v) is 4.91. The highest BCUT2D eigenvalue weighted by atomic mass is 16.6. The fourth-order valence-electron chi connectivity index (χ4n) is 3.75. The molecule has 0 aromatic heterocycles. The molecule has 1 heterocycles. The number of ether oxygens (including phenoxy) is 2. The highest BCUT2D eigenvalue weighted by molar-refractivity contribution is 5.97. The lowest BCUT2D eigenvalue weighted by Crippen LogP contribution is -2.28. The zero-order chi connectivity index (χ0) is 15.7. The number of esters is 1. The number of hydrogen-bond acceptors (Lipinski definition) is 3. The van der Waals surface area contributed by atoms with Crippen LogP contribution in [0, 0.1) is 0 Å². The summed E-state index contributed by atoms with van der Waals surface area (Å²) in [6.07, 6.45) is 5.30. The van der Waals surface area contributed by atoms with Gasteiger partial charge in [-0.15, -0.1) is 0 Å². The maximum absolute atomic E-state index is 12.5. The van der Waals surface area contributed by atoms with Gasteiger partial charge >= 0.3 is 5.97 Å². The largest absolute Gasteiger partial charge is 0.488 e. The first-order valence-electron chi connectivity index (χ1n) is 8.32. The van der Waals surface area contributed by atoms with E-state index >= 15 is 0 Å². The number of carbonyl (C=O) groups excluding carboxylic acids is 1. The van der Waals surface area contributed by atoms with Crippen molar-refractivity contribution in [3.05, 3.63) is 65.2 Å². The molecule has 0 atom stereocenters. The lowest BCUT2D eigenvalue weighted by atomic mass is 9.79. The van der Waals surface area contributed by atoms with Crippen molar-refractivity contribution in [1.29, 1.82) is 0 Å². The quantitative estimate of drug-likeness (QED) is 0.778. The number of rotatable bonds is 3. The van der Waals surface area contributed by atoms with Gasteiger partial charge in [0.1, 0.15) is 23.5 Å². The van der Waals surface area contributed by atoms with Crippen LogP contribution in [0.4, 0.5) is 0 Å². The monoisotopic (exact) mass is 308 g/mol. The number of benzene rings is 2. The maximum Gasteiger partial charge on any atom is 0.343 e. The Balaban J connectivity index is 1.64. The van der Waals surface area contributed by atoms with E-state index in [2.05, 4.69) is 0 Å². The molecule has 118 valence electrons. The van der Waals surface area contributed by atoms with E-state index in [1.807, 2.05) is 48.5 Å². The van der Waals surface area contributed by atoms with Crippen molar-refractivity contribution in [2.45, 2.75) is 44.3 Å². The summed E-state index contributed by atoms with van der Waals surface area (Å²) >= 11 is 0. The zero-order valence-electron chi connectivity index (χ0n) is 13.1. The van der Waals surface area contributed by atoms with E-state index in [0.717, 1.165) is 36.8 Å². The molecule has 1 saturated carbocycles. The molecular weight excluding hydrogens is 288 g/mol. The third kappa shape index (κ3) is 2.50. The van der Waals surface area contributed by atoms with Crippen LogP contribution in [0.25, 0.3) is 0 Å². The van der Waals surface area contributed by atoms with Gasteiger partial charge < -0.3 is 9.47 Å². The smallest absolute Gasteiger partial charge is 0.343 e. The van der Waals surface area contributed by atoms with Crippen LogP contribution in [-0.2, 0) is 16.9 Å². The normalized spacial score (nSPS) is 18.5. The van der Waals surface area contributed by atoms with E-state index in [0.29, 0.717) is 17.9 Å². The van der Waals surface area contributed by atoms with E-state index in [1.165, 1.54) is 6.42 Å². The van der Waals surface area contributed by atoms with Crippen molar-refractivity contribution in [3.8, 4) is 5.75 Å². The maximum atomic E-state index is 12.5. The van der Waals surface area contributed by atoms with Crippen molar-refractivity contribution < 1.29 is 14.3 Å². The van der Waals surface area contributed by atoms with Crippen molar-refractivity contribution in [2.24, 2.45) is 0 Å². The van der Waals surface area contributed by atoms with E-state index < -0.39 is 5.60 Å². The zero-order valence-corrected chi connectivity index (χ0v) is 13.1. The van der Waals surface area contributed by atoms with Crippen LogP contribution in [0.2, 0.25) is 0 Å². The van der Waals surface area contributed by atoms with Gasteiger partial charge in [-0.05, 0) is 37.3 Å². The Hall–Kier alpha value is -2.29. The molecule has 0 saturated heterocycles. The lowest BCUT2D eigenvalue weighted by molar-refractivity contribution is -0.0280. The van der Waals surface area contributed by atoms with Gasteiger partial charge in [-0.25, -0.2) is 4.79 Å². The average molecular weight is 308 g/mol. The van der Waals surface area contributed by atoms with Gasteiger partial charge in [-0.2, -0.15) is 0 Å². The van der Waals surface area contributed by atoms with Gasteiger partial charge in [0.25, 0.3) is 0 Å². The molecule has 1 aliphatic carbocycles. The third-order valence-electron chi connectivity index (χ3n) is 4.91. The molecule has 0 amide bonds. The molecule has 23 heavy (non-hydrogen) atoms. The van der Waals surface area contributed by atoms with E-state index in [1.54, 1.807) is 0 Å². The minimum absolute atomic E-state index is 0.231. The molecule has 2 aliphatic rings. The van der Waals surface area contributed by atoms with Gasteiger partial charge in [-0.1, -0.05) is 48.9 Å². The molecule has 2 aromatic rings. The van der Waals surface area contributed by atoms with Crippen molar-refractivity contribution in [2.75, 3.05) is 0 Å². The molecule has 1 fully saturated rings. The molecule has 0 unspecified atom stereocenters. The summed E-state index contributed by atoms with van der Waals surface area (Å²) in [7, 11) is 0. The molecular formula is C20H20O3. The second kappa shape index (κ2) is 5.73. The number of carbonyl (C=O) groups is 1. The predicted octanol–water partition coefficient (Wildman–Crippen LogP) is 4.60. The first kappa shape index (κ1) is 14.3. The van der Waals surface area contributed by atoms with Crippen LogP contribution < -0.4 is 4.74 Å². The highest BCUT2D eigenvalue weighted by Gasteiger charge is 2.47. The van der Waals surface area contributed by atoms with Crippen molar-refractivity contribution in [3.63, 3.8) is 0 Å². The van der Waals surface area contributed by atoms with Crippen LogP contribution in [-0.4, -0.2) is 5.97 Å². The summed E-state index contributed by atoms with van der Waals surface area (Å²) in [5.74, 6) is 0.407. The first-order valence-corrected chi connectivity index (χ1v) is 8.32. The van der Waals surface area contributed by atoms with Gasteiger partial charge in [0.2, 0.25) is 0 Å². The summed E-state index contributed by atoms with van der Waals surface area (Å²) in [6, 6.07) is 15.9. The average Bonchev–Trinajstić information content (AvgIpc) is 2.87. The Morgan fingerprint density at radius 3 is 2.52 bits per heavy atom. The standard InChI is InChI=1S/C20H20O3/c21-19-18-16(20(23-19)12-5-2-6-13-20)10-7-11-17(18)22-14-15-8-3-1-4-9-15/h1,3-4,7-11H,2,5-6,12-14H2. The van der Waals surface area contributed by atoms with Gasteiger partial charge in [0.05, 0.1) is 0 Å². The van der Waals surface area contributed by atoms with Crippen LogP contribution in [0.5, 0.6) is 5.75 Å². The van der Waals surface area contributed by atoms with E-state index in [4.69, 9.17) is 9.47 Å². The van der Waals surface area contributed by atoms with Gasteiger partial charge in [0.15, 0.2) is 0 Å². The van der Waals surface area contributed by atoms with Crippen LogP contribution in [0.15, 0.2) is 48.5 Å². The van der Waals surface area contributed by atoms with Gasteiger partial charge in [-0.3, -0.25) is 0 Å². The summed E-state index contributed by atoms with van der Waals surface area (Å²) < 4.78 is 11.8. The molecule has 2 aromatic carbocycles. The topological polar surface area (TPSA) is 35.5 Å². The lowest BCUT2D eigenvalue weighted by Gasteiger charge is -2.32. The molecule has 1 aliphatic heterocycles. The Bertz CT molecular complexity index is 715. The summed E-state index contributed by atoms with van der Waals surface area (Å²) in [5, 5.41) is 0.